The molecule has 2 saturated heterocycles. The molecule has 0 spiro atoms. The Morgan fingerprint density at radius 3 is 1.43 bits per heavy atom. The average molecular weight is 1010 g/mol. The van der Waals surface area contributed by atoms with Crippen LogP contribution in [0.1, 0.15) is 58.1 Å². The number of hydrogen-bond donors (Lipinski definition) is 3. The zero-order valence-corrected chi connectivity index (χ0v) is 39.5. The van der Waals surface area contributed by atoms with Gasteiger partial charge in [0.15, 0.2) is 12.2 Å². The first kappa shape index (κ1) is 50.3. The third-order valence-corrected chi connectivity index (χ3v) is 11.7. The van der Waals surface area contributed by atoms with Crippen molar-refractivity contribution in [3.63, 3.8) is 0 Å². The molecule has 16 nitrogen and oxygen atoms in total. The molecule has 3 N–H and O–H groups in total. The number of nitrogens with one attached hydrogen (secondary N) is 2. The van der Waals surface area contributed by atoms with Crippen molar-refractivity contribution < 1.29 is 67.0 Å². The van der Waals surface area contributed by atoms with Crippen molar-refractivity contribution in [2.45, 2.75) is 31.0 Å². The number of halogens is 2. The molecule has 8 rings (SSSR count). The van der Waals surface area contributed by atoms with Crippen molar-refractivity contribution in [2.75, 3.05) is 31.0 Å². The number of amides is 2. The van der Waals surface area contributed by atoms with Gasteiger partial charge in [-0.2, -0.15) is 0 Å². The van der Waals surface area contributed by atoms with Crippen LogP contribution in [-0.4, -0.2) is 85.5 Å². The number of benzene rings is 6. The van der Waals surface area contributed by atoms with Gasteiger partial charge >= 0.3 is 23.9 Å². The predicted octanol–water partition coefficient (Wildman–Crippen LogP) is 8.79. The lowest BCUT2D eigenvalue weighted by atomic mass is 10.1. The van der Waals surface area contributed by atoms with E-state index in [0.29, 0.717) is 60.6 Å². The molecule has 0 radical (unpaired) electrons. The summed E-state index contributed by atoms with van der Waals surface area (Å²) in [7, 11) is 1.44. The van der Waals surface area contributed by atoms with Gasteiger partial charge in [-0.05, 0) is 145 Å². The van der Waals surface area contributed by atoms with Crippen molar-refractivity contribution in [3.05, 3.63) is 195 Å². The van der Waals surface area contributed by atoms with E-state index in [0.717, 1.165) is 0 Å². The van der Waals surface area contributed by atoms with Crippen LogP contribution in [0.5, 0.6) is 17.2 Å². The lowest BCUT2D eigenvalue weighted by molar-refractivity contribution is -0.149. The number of ether oxygens (including phenoxy) is 7. The van der Waals surface area contributed by atoms with E-state index in [2.05, 4.69) is 10.6 Å². The number of aliphatic hydroxyl groups is 1. The molecular formula is C54H42Cl2N2O14. The maximum absolute atomic E-state index is 13.0. The smallest absolute Gasteiger partial charge is 0.343 e. The van der Waals surface area contributed by atoms with Gasteiger partial charge in [0.05, 0.1) is 38.1 Å². The summed E-state index contributed by atoms with van der Waals surface area (Å²) < 4.78 is 39.2. The van der Waals surface area contributed by atoms with Crippen LogP contribution in [0.25, 0.3) is 12.2 Å². The van der Waals surface area contributed by atoms with Gasteiger partial charge in [-0.3, -0.25) is 9.59 Å². The molecule has 0 aliphatic carbocycles. The second-order valence-electron chi connectivity index (χ2n) is 16.0. The lowest BCUT2D eigenvalue weighted by Crippen LogP contribution is -2.35. The highest BCUT2D eigenvalue weighted by Gasteiger charge is 2.51. The van der Waals surface area contributed by atoms with Crippen LogP contribution in [-0.2, 0) is 35.1 Å². The fraction of sp³-hybridized carbons (Fsp3) is 0.148. The Kier molecular flexibility index (Phi) is 16.2. The van der Waals surface area contributed by atoms with Gasteiger partial charge < -0.3 is 48.9 Å². The summed E-state index contributed by atoms with van der Waals surface area (Å²) in [5.41, 5.74) is 3.46. The van der Waals surface area contributed by atoms with Crippen LogP contribution in [0.3, 0.4) is 0 Å². The van der Waals surface area contributed by atoms with E-state index < -0.39 is 66.7 Å². The maximum Gasteiger partial charge on any atom is 0.343 e. The molecule has 0 bridgehead atoms. The quantitative estimate of drug-likeness (QED) is 0.0470. The van der Waals surface area contributed by atoms with E-state index in [4.69, 9.17) is 56.4 Å². The Balaban J connectivity index is 0.780. The van der Waals surface area contributed by atoms with Crippen molar-refractivity contribution in [2.24, 2.45) is 0 Å². The largest absolute Gasteiger partial charge is 0.496 e. The van der Waals surface area contributed by atoms with E-state index in [1.165, 1.54) is 79.9 Å². The van der Waals surface area contributed by atoms with Crippen molar-refractivity contribution in [3.8, 4) is 17.2 Å². The van der Waals surface area contributed by atoms with Gasteiger partial charge in [0.2, 0.25) is 0 Å². The summed E-state index contributed by atoms with van der Waals surface area (Å²) in [6.45, 7) is -0.399. The number of methoxy groups -OCH3 is 1. The minimum absolute atomic E-state index is 0.00167. The number of aliphatic hydroxyl groups excluding tert-OH is 1. The summed E-state index contributed by atoms with van der Waals surface area (Å²) in [4.78, 5) is 76.8. The van der Waals surface area contributed by atoms with Gasteiger partial charge in [-0.1, -0.05) is 29.3 Å². The minimum atomic E-state index is -0.793. The van der Waals surface area contributed by atoms with Crippen LogP contribution in [0.2, 0.25) is 10.0 Å². The van der Waals surface area contributed by atoms with Crippen LogP contribution >= 0.6 is 23.2 Å². The predicted molar refractivity (Wildman–Crippen MR) is 264 cm³/mol. The third kappa shape index (κ3) is 12.8. The van der Waals surface area contributed by atoms with E-state index >= 15 is 0 Å². The SMILES string of the molecule is COc1cc(NC(=O)c2ccc(OC(=O)c3ccc(Cl)cc3)cc2)ccc1/C=C/C(=O)O[C@H]1CO[C@H]2[C@@H]1OC[C@H]2OC(=O)/C=C/c1ccc(NC(=O)c2ccc(OC(=O)c3ccc(Cl)cc3)cc2)cc1CO. The summed E-state index contributed by atoms with van der Waals surface area (Å²) in [5, 5.41) is 16.6. The standard InChI is InChI=1S/C54H42Cl2N2O14/c1-66-44-27-41(58-52(63)34-10-22-43(23-11-34)70-54(65)36-4-16-39(56)17-5-36)19-7-32(44)13-25-48(61)72-46-30-68-49-45(29-67-50(46)49)71-47(60)24-12-31-6-18-40(26-37(31)28-59)57-51(62)33-8-20-42(21-9-33)69-53(64)35-2-14-38(55)15-3-35/h2-27,45-46,49-50,59H,28-30H2,1H3,(H,57,62)(H,58,63)/b24-12+,25-13+/t45-,46+,49-,50-/m1/s1. The Labute approximate surface area is 421 Å². The van der Waals surface area contributed by atoms with E-state index in [1.807, 2.05) is 0 Å². The molecule has 2 aliphatic rings. The fourth-order valence-corrected chi connectivity index (χ4v) is 7.74. The van der Waals surface area contributed by atoms with Gasteiger partial charge in [-0.15, -0.1) is 0 Å². The number of anilines is 2. The molecule has 18 heteroatoms. The Hall–Kier alpha value is -8.12. The molecule has 0 unspecified atom stereocenters. The Bertz CT molecular complexity index is 2840. The van der Waals surface area contributed by atoms with Gasteiger partial charge in [0.25, 0.3) is 11.8 Å². The summed E-state index contributed by atoms with van der Waals surface area (Å²) >= 11 is 11.8. The Morgan fingerprint density at radius 2 is 0.986 bits per heavy atom. The summed E-state index contributed by atoms with van der Waals surface area (Å²) in [6, 6.07) is 34.2. The first-order chi connectivity index (χ1) is 34.8. The van der Waals surface area contributed by atoms with Crippen molar-refractivity contribution in [1.29, 1.82) is 0 Å². The number of esters is 4. The van der Waals surface area contributed by atoms with Gasteiger partial charge in [0, 0.05) is 56.3 Å². The summed E-state index contributed by atoms with van der Waals surface area (Å²) in [6.07, 6.45) is 2.41. The molecule has 6 aromatic rings. The molecule has 4 atom stereocenters. The number of fused-ring (bicyclic) bond motifs is 1. The Morgan fingerprint density at radius 1 is 0.569 bits per heavy atom. The molecular weight excluding hydrogens is 971 g/mol. The molecule has 2 fully saturated rings. The lowest BCUT2D eigenvalue weighted by Gasteiger charge is -2.16. The fourth-order valence-electron chi connectivity index (χ4n) is 7.49. The highest BCUT2D eigenvalue weighted by Crippen LogP contribution is 2.32. The molecule has 0 aromatic heterocycles. The number of rotatable bonds is 16. The molecule has 0 saturated carbocycles. The zero-order valence-electron chi connectivity index (χ0n) is 38.0. The highest BCUT2D eigenvalue weighted by atomic mass is 35.5. The third-order valence-electron chi connectivity index (χ3n) is 11.2. The van der Waals surface area contributed by atoms with E-state index in [1.54, 1.807) is 84.9 Å². The van der Waals surface area contributed by atoms with Crippen LogP contribution < -0.4 is 24.8 Å². The average Bonchev–Trinajstić information content (AvgIpc) is 3.98. The number of hydrogen-bond acceptors (Lipinski definition) is 14. The second-order valence-corrected chi connectivity index (χ2v) is 16.9. The highest BCUT2D eigenvalue weighted by molar-refractivity contribution is 6.31. The molecule has 2 amide bonds. The van der Waals surface area contributed by atoms with Crippen molar-refractivity contribution >= 4 is 82.4 Å². The molecule has 2 aliphatic heterocycles. The van der Waals surface area contributed by atoms with Gasteiger partial charge in [0.1, 0.15) is 29.5 Å². The second kappa shape index (κ2) is 23.2. The van der Waals surface area contributed by atoms with Crippen LogP contribution in [0.4, 0.5) is 11.4 Å². The van der Waals surface area contributed by atoms with E-state index in [9.17, 15) is 33.9 Å². The first-order valence-corrected chi connectivity index (χ1v) is 22.8. The minimum Gasteiger partial charge on any atom is -0.496 e. The van der Waals surface area contributed by atoms with Crippen LogP contribution in [0.15, 0.2) is 146 Å². The summed E-state index contributed by atoms with van der Waals surface area (Å²) in [5.74, 6) is -2.57. The topological polar surface area (TPSA) is 211 Å². The zero-order chi connectivity index (χ0) is 50.7. The first-order valence-electron chi connectivity index (χ1n) is 22.0. The molecule has 72 heavy (non-hydrogen) atoms. The van der Waals surface area contributed by atoms with Crippen molar-refractivity contribution in [1.82, 2.24) is 0 Å². The van der Waals surface area contributed by atoms with Gasteiger partial charge in [-0.25, -0.2) is 19.2 Å². The molecule has 2 heterocycles. The van der Waals surface area contributed by atoms with E-state index in [-0.39, 0.29) is 30.3 Å². The maximum atomic E-state index is 13.0. The number of carbonyl (C=O) groups is 6. The monoisotopic (exact) mass is 1010 g/mol. The van der Waals surface area contributed by atoms with Crippen LogP contribution in [0, 0.1) is 0 Å². The number of carbonyl (C=O) groups excluding carboxylic acids is 6. The molecule has 366 valence electrons. The molecule has 6 aromatic carbocycles. The normalized spacial score (nSPS) is 16.9.